The van der Waals surface area contributed by atoms with Crippen LogP contribution in [0.1, 0.15) is 18.4 Å². The molecule has 1 aliphatic rings. The Morgan fingerprint density at radius 3 is 3.06 bits per heavy atom. The Labute approximate surface area is 107 Å². The molecule has 0 radical (unpaired) electrons. The van der Waals surface area contributed by atoms with Crippen molar-refractivity contribution in [1.82, 2.24) is 19.9 Å². The molecule has 1 N–H and O–H groups in total. The summed E-state index contributed by atoms with van der Waals surface area (Å²) in [6.07, 6.45) is 4.28. The fourth-order valence-electron chi connectivity index (χ4n) is 2.15. The van der Waals surface area contributed by atoms with Gasteiger partial charge in [-0.2, -0.15) is 9.61 Å². The summed E-state index contributed by atoms with van der Waals surface area (Å²) in [5, 5.41) is 7.81. The summed E-state index contributed by atoms with van der Waals surface area (Å²) in [7, 11) is 2.10. The van der Waals surface area contributed by atoms with Gasteiger partial charge in [0.05, 0.1) is 0 Å². The number of likely N-dealkylation sites (N-methyl/N-ethyl adjacent to an activating group) is 1. The van der Waals surface area contributed by atoms with Crippen LogP contribution in [0.25, 0.3) is 5.65 Å². The van der Waals surface area contributed by atoms with Crippen molar-refractivity contribution in [2.24, 2.45) is 0 Å². The van der Waals surface area contributed by atoms with Gasteiger partial charge in [-0.25, -0.2) is 4.98 Å². The predicted molar refractivity (Wildman–Crippen MR) is 72.0 cm³/mol. The van der Waals surface area contributed by atoms with E-state index < -0.39 is 0 Å². The maximum Gasteiger partial charge on any atom is 0.157 e. The zero-order valence-electron chi connectivity index (χ0n) is 10.9. The number of hydrogen-bond acceptors (Lipinski definition) is 4. The van der Waals surface area contributed by atoms with Crippen molar-refractivity contribution in [3.63, 3.8) is 0 Å². The molecule has 18 heavy (non-hydrogen) atoms. The van der Waals surface area contributed by atoms with Gasteiger partial charge in [-0.3, -0.25) is 0 Å². The van der Waals surface area contributed by atoms with Crippen LogP contribution in [0.3, 0.4) is 0 Å². The van der Waals surface area contributed by atoms with Gasteiger partial charge < -0.3 is 10.2 Å². The average Bonchev–Trinajstić information content (AvgIpc) is 3.04. The molecule has 0 saturated heterocycles. The second kappa shape index (κ2) is 4.57. The lowest BCUT2D eigenvalue weighted by molar-refractivity contribution is 0.669. The number of aromatic nitrogens is 3. The summed E-state index contributed by atoms with van der Waals surface area (Å²) in [5.41, 5.74) is 2.12. The molecule has 0 aliphatic heterocycles. The highest BCUT2D eigenvalue weighted by Gasteiger charge is 2.20. The summed E-state index contributed by atoms with van der Waals surface area (Å²) in [4.78, 5) is 6.48. The second-order valence-corrected chi connectivity index (χ2v) is 5.07. The van der Waals surface area contributed by atoms with Gasteiger partial charge in [-0.05, 0) is 37.5 Å². The fraction of sp³-hybridized carbons (Fsp3) is 0.538. The van der Waals surface area contributed by atoms with E-state index in [1.807, 2.05) is 10.6 Å². The first-order chi connectivity index (χ1) is 8.74. The van der Waals surface area contributed by atoms with E-state index in [9.17, 15) is 0 Å². The largest absolute Gasteiger partial charge is 0.358 e. The highest BCUT2D eigenvalue weighted by molar-refractivity contribution is 5.52. The molecule has 1 aliphatic carbocycles. The summed E-state index contributed by atoms with van der Waals surface area (Å²) >= 11 is 0. The molecule has 0 amide bonds. The van der Waals surface area contributed by atoms with Crippen LogP contribution in [0.5, 0.6) is 0 Å². The lowest BCUT2D eigenvalue weighted by Gasteiger charge is -2.20. The van der Waals surface area contributed by atoms with Gasteiger partial charge in [0.15, 0.2) is 5.65 Å². The lowest BCUT2D eigenvalue weighted by atomic mass is 10.3. The third kappa shape index (κ3) is 2.31. The zero-order valence-corrected chi connectivity index (χ0v) is 10.9. The molecule has 0 aromatic carbocycles. The summed E-state index contributed by atoms with van der Waals surface area (Å²) in [6.45, 7) is 4.09. The lowest BCUT2D eigenvalue weighted by Crippen LogP contribution is -2.31. The highest BCUT2D eigenvalue weighted by atomic mass is 15.4. The number of hydrogen-bond donors (Lipinski definition) is 1. The number of nitrogens with zero attached hydrogens (tertiary/aromatic N) is 4. The van der Waals surface area contributed by atoms with Gasteiger partial charge in [0.2, 0.25) is 0 Å². The molecule has 2 heterocycles. The van der Waals surface area contributed by atoms with Crippen LogP contribution in [-0.2, 0) is 0 Å². The van der Waals surface area contributed by atoms with Crippen LogP contribution >= 0.6 is 0 Å². The molecule has 0 atom stereocenters. The van der Waals surface area contributed by atoms with E-state index >= 15 is 0 Å². The third-order valence-corrected chi connectivity index (χ3v) is 3.35. The smallest absolute Gasteiger partial charge is 0.157 e. The topological polar surface area (TPSA) is 45.5 Å². The van der Waals surface area contributed by atoms with E-state index in [0.717, 1.165) is 30.6 Å². The molecule has 5 heteroatoms. The minimum absolute atomic E-state index is 0.766. The quantitative estimate of drug-likeness (QED) is 0.860. The van der Waals surface area contributed by atoms with E-state index in [2.05, 4.69) is 40.3 Å². The minimum Gasteiger partial charge on any atom is -0.358 e. The maximum absolute atomic E-state index is 4.28. The van der Waals surface area contributed by atoms with Gasteiger partial charge in [0.25, 0.3) is 0 Å². The molecule has 0 spiro atoms. The molecule has 0 unspecified atom stereocenters. The summed E-state index contributed by atoms with van der Waals surface area (Å²) in [5.74, 6) is 1.10. The number of pyridine rings is 1. The standard InChI is InChI=1S/C13H19N5/c1-10-7-12-15-9-16-18(12)13(8-10)17(2)6-5-14-11-3-4-11/h7-9,11,14H,3-6H2,1-2H3. The first kappa shape index (κ1) is 11.5. The Morgan fingerprint density at radius 1 is 1.44 bits per heavy atom. The number of nitrogens with one attached hydrogen (secondary N) is 1. The molecule has 96 valence electrons. The van der Waals surface area contributed by atoms with Crippen molar-refractivity contribution in [2.75, 3.05) is 25.0 Å². The first-order valence-electron chi connectivity index (χ1n) is 6.49. The Morgan fingerprint density at radius 2 is 2.28 bits per heavy atom. The Hall–Kier alpha value is -1.62. The monoisotopic (exact) mass is 245 g/mol. The van der Waals surface area contributed by atoms with Gasteiger partial charge in [-0.15, -0.1) is 0 Å². The normalized spacial score (nSPS) is 15.2. The molecular formula is C13H19N5. The van der Waals surface area contributed by atoms with Crippen molar-refractivity contribution in [2.45, 2.75) is 25.8 Å². The molecule has 1 saturated carbocycles. The second-order valence-electron chi connectivity index (χ2n) is 5.07. The van der Waals surface area contributed by atoms with Crippen molar-refractivity contribution in [3.8, 4) is 0 Å². The Kier molecular flexibility index (Phi) is 2.91. The summed E-state index contributed by atoms with van der Waals surface area (Å²) in [6, 6.07) is 4.97. The molecule has 1 fully saturated rings. The maximum atomic E-state index is 4.28. The Bertz CT molecular complexity index is 543. The van der Waals surface area contributed by atoms with Gasteiger partial charge >= 0.3 is 0 Å². The number of anilines is 1. The third-order valence-electron chi connectivity index (χ3n) is 3.35. The summed E-state index contributed by atoms with van der Waals surface area (Å²) < 4.78 is 1.89. The van der Waals surface area contributed by atoms with Crippen molar-refractivity contribution in [3.05, 3.63) is 24.0 Å². The molecular weight excluding hydrogens is 226 g/mol. The van der Waals surface area contributed by atoms with E-state index in [1.54, 1.807) is 6.33 Å². The molecule has 0 bridgehead atoms. The van der Waals surface area contributed by atoms with Crippen LogP contribution < -0.4 is 10.2 Å². The van der Waals surface area contributed by atoms with E-state index in [4.69, 9.17) is 0 Å². The minimum atomic E-state index is 0.766. The highest BCUT2D eigenvalue weighted by Crippen LogP contribution is 2.19. The van der Waals surface area contributed by atoms with Gasteiger partial charge in [0.1, 0.15) is 12.1 Å². The number of rotatable bonds is 5. The average molecular weight is 245 g/mol. The van der Waals surface area contributed by atoms with Crippen LogP contribution in [0.4, 0.5) is 5.82 Å². The van der Waals surface area contributed by atoms with Crippen molar-refractivity contribution < 1.29 is 0 Å². The van der Waals surface area contributed by atoms with Crippen LogP contribution in [0, 0.1) is 6.92 Å². The molecule has 3 rings (SSSR count). The van der Waals surface area contributed by atoms with E-state index in [-0.39, 0.29) is 0 Å². The molecule has 2 aromatic rings. The van der Waals surface area contributed by atoms with Crippen molar-refractivity contribution in [1.29, 1.82) is 0 Å². The van der Waals surface area contributed by atoms with Crippen LogP contribution in [0.2, 0.25) is 0 Å². The number of aryl methyl sites for hydroxylation is 1. The van der Waals surface area contributed by atoms with Crippen LogP contribution in [-0.4, -0.2) is 40.8 Å². The van der Waals surface area contributed by atoms with E-state index in [1.165, 1.54) is 18.4 Å². The van der Waals surface area contributed by atoms with Gasteiger partial charge in [-0.1, -0.05) is 0 Å². The SMILES string of the molecule is Cc1cc(N(C)CCNC2CC2)n2ncnc2c1. The van der Waals surface area contributed by atoms with Crippen LogP contribution in [0.15, 0.2) is 18.5 Å². The fourth-order valence-corrected chi connectivity index (χ4v) is 2.15. The predicted octanol–water partition coefficient (Wildman–Crippen LogP) is 1.23. The number of fused-ring (bicyclic) bond motifs is 1. The molecule has 5 nitrogen and oxygen atoms in total. The first-order valence-corrected chi connectivity index (χ1v) is 6.49. The van der Waals surface area contributed by atoms with Crippen molar-refractivity contribution >= 4 is 11.5 Å². The Balaban J connectivity index is 1.76. The van der Waals surface area contributed by atoms with Gasteiger partial charge in [0, 0.05) is 26.2 Å². The van der Waals surface area contributed by atoms with E-state index in [0.29, 0.717) is 0 Å². The molecule has 2 aromatic heterocycles. The zero-order chi connectivity index (χ0) is 12.5.